The molecule has 8 heteroatoms. The van der Waals surface area contributed by atoms with Gasteiger partial charge in [0.15, 0.2) is 5.75 Å². The summed E-state index contributed by atoms with van der Waals surface area (Å²) >= 11 is 2.01. The summed E-state index contributed by atoms with van der Waals surface area (Å²) in [5, 5.41) is 24.0. The van der Waals surface area contributed by atoms with Gasteiger partial charge in [-0.25, -0.2) is 4.79 Å². The molecule has 1 aromatic heterocycles. The first-order valence-electron chi connectivity index (χ1n) is 5.30. The minimum atomic E-state index is -1.12. The average molecular weight is 288 g/mol. The molecule has 98 valence electrons. The van der Waals surface area contributed by atoms with Crippen molar-refractivity contribution < 1.29 is 19.8 Å². The van der Waals surface area contributed by atoms with Gasteiger partial charge in [0.05, 0.1) is 0 Å². The minimum Gasteiger partial charge on any atom is -0.505 e. The number of carbonyl (C=O) groups excluding carboxylic acids is 1. The standard InChI is InChI=1S/C10H12N2O4S2/c13-6-3-7(9(14)15)18-8(6)12-10(16)17-5-1-2-11-4-5/h3,5,11,13H,1-2,4H2,(H,12,16)(H,14,15). The van der Waals surface area contributed by atoms with E-state index in [1.807, 2.05) is 0 Å². The van der Waals surface area contributed by atoms with Crippen LogP contribution in [-0.2, 0) is 0 Å². The molecule has 1 amide bonds. The van der Waals surface area contributed by atoms with Crippen LogP contribution in [-0.4, -0.2) is 39.8 Å². The van der Waals surface area contributed by atoms with E-state index in [-0.39, 0.29) is 26.1 Å². The van der Waals surface area contributed by atoms with Crippen LogP contribution in [0.3, 0.4) is 0 Å². The van der Waals surface area contributed by atoms with Gasteiger partial charge in [-0.1, -0.05) is 11.8 Å². The number of nitrogens with one attached hydrogen (secondary N) is 2. The van der Waals surface area contributed by atoms with Crippen molar-refractivity contribution in [3.8, 4) is 5.75 Å². The number of hydrogen-bond acceptors (Lipinski definition) is 6. The number of hydrogen-bond donors (Lipinski definition) is 4. The predicted octanol–water partition coefficient (Wildman–Crippen LogP) is 1.78. The van der Waals surface area contributed by atoms with Crippen molar-refractivity contribution in [1.29, 1.82) is 0 Å². The second-order valence-electron chi connectivity index (χ2n) is 3.78. The maximum absolute atomic E-state index is 11.7. The van der Waals surface area contributed by atoms with Crippen LogP contribution in [0.15, 0.2) is 6.07 Å². The highest BCUT2D eigenvalue weighted by atomic mass is 32.2. The zero-order valence-electron chi connectivity index (χ0n) is 9.30. The average Bonchev–Trinajstić information content (AvgIpc) is 2.89. The monoisotopic (exact) mass is 288 g/mol. The first-order chi connectivity index (χ1) is 8.56. The molecule has 1 aliphatic heterocycles. The highest BCUT2D eigenvalue weighted by Gasteiger charge is 2.21. The Morgan fingerprint density at radius 1 is 1.56 bits per heavy atom. The van der Waals surface area contributed by atoms with Crippen LogP contribution in [0.1, 0.15) is 16.1 Å². The number of aromatic hydroxyl groups is 1. The number of aromatic carboxylic acids is 1. The Morgan fingerprint density at radius 3 is 2.89 bits per heavy atom. The van der Waals surface area contributed by atoms with Crippen molar-refractivity contribution in [2.75, 3.05) is 18.4 Å². The summed E-state index contributed by atoms with van der Waals surface area (Å²) in [6, 6.07) is 1.13. The molecular weight excluding hydrogens is 276 g/mol. The van der Waals surface area contributed by atoms with Crippen molar-refractivity contribution in [2.45, 2.75) is 11.7 Å². The molecular formula is C10H12N2O4S2. The molecule has 0 bridgehead atoms. The third kappa shape index (κ3) is 3.15. The van der Waals surface area contributed by atoms with Gasteiger partial charge in [0.2, 0.25) is 0 Å². The first-order valence-corrected chi connectivity index (χ1v) is 7.00. The van der Waals surface area contributed by atoms with Crippen molar-refractivity contribution in [3.63, 3.8) is 0 Å². The lowest BCUT2D eigenvalue weighted by Gasteiger charge is -2.07. The summed E-state index contributed by atoms with van der Waals surface area (Å²) < 4.78 is 0. The fourth-order valence-corrected chi connectivity index (χ4v) is 3.33. The van der Waals surface area contributed by atoms with Crippen LogP contribution >= 0.6 is 23.1 Å². The molecule has 1 atom stereocenters. The number of thioether (sulfide) groups is 1. The van der Waals surface area contributed by atoms with Gasteiger partial charge in [0.1, 0.15) is 9.88 Å². The molecule has 1 unspecified atom stereocenters. The molecule has 0 aromatic carbocycles. The number of rotatable bonds is 3. The molecule has 2 rings (SSSR count). The van der Waals surface area contributed by atoms with Crippen molar-refractivity contribution in [2.24, 2.45) is 0 Å². The fourth-order valence-electron chi connectivity index (χ4n) is 1.58. The molecule has 6 nitrogen and oxygen atoms in total. The SMILES string of the molecule is O=C(Nc1sc(C(=O)O)cc1O)SC1CCNC1. The summed E-state index contributed by atoms with van der Waals surface area (Å²) in [4.78, 5) is 22.4. The molecule has 0 spiro atoms. The Morgan fingerprint density at radius 2 is 2.33 bits per heavy atom. The lowest BCUT2D eigenvalue weighted by molar-refractivity contribution is 0.0702. The highest BCUT2D eigenvalue weighted by Crippen LogP contribution is 2.35. The van der Waals surface area contributed by atoms with Crippen molar-refractivity contribution in [1.82, 2.24) is 5.32 Å². The number of anilines is 1. The molecule has 1 aliphatic rings. The topological polar surface area (TPSA) is 98.7 Å². The molecule has 1 fully saturated rings. The van der Waals surface area contributed by atoms with Crippen LogP contribution < -0.4 is 10.6 Å². The number of thiophene rings is 1. The largest absolute Gasteiger partial charge is 0.505 e. The smallest absolute Gasteiger partial charge is 0.346 e. The van der Waals surface area contributed by atoms with Gasteiger partial charge in [0.25, 0.3) is 5.24 Å². The normalized spacial score (nSPS) is 18.8. The Labute approximate surface area is 111 Å². The Kier molecular flexibility index (Phi) is 4.10. The van der Waals surface area contributed by atoms with E-state index in [4.69, 9.17) is 5.11 Å². The number of amides is 1. The van der Waals surface area contributed by atoms with E-state index in [1.165, 1.54) is 0 Å². The molecule has 0 radical (unpaired) electrons. The van der Waals surface area contributed by atoms with Crippen molar-refractivity contribution >= 4 is 39.3 Å². The quantitative estimate of drug-likeness (QED) is 0.676. The summed E-state index contributed by atoms with van der Waals surface area (Å²) in [6.07, 6.45) is 0.925. The molecule has 18 heavy (non-hydrogen) atoms. The number of carbonyl (C=O) groups is 2. The fraction of sp³-hybridized carbons (Fsp3) is 0.400. The number of carboxylic acid groups (broad SMARTS) is 1. The van der Waals surface area contributed by atoms with Gasteiger partial charge in [-0.2, -0.15) is 0 Å². The lowest BCUT2D eigenvalue weighted by atomic mass is 10.4. The zero-order valence-corrected chi connectivity index (χ0v) is 10.9. The van der Waals surface area contributed by atoms with Gasteiger partial charge in [-0.05, 0) is 13.0 Å². The van der Waals surface area contributed by atoms with Crippen LogP contribution in [0.25, 0.3) is 0 Å². The van der Waals surface area contributed by atoms with Crippen molar-refractivity contribution in [3.05, 3.63) is 10.9 Å². The Bertz CT molecular complexity index is 468. The van der Waals surface area contributed by atoms with Gasteiger partial charge in [0, 0.05) is 17.9 Å². The second kappa shape index (κ2) is 5.59. The third-order valence-corrected chi connectivity index (χ3v) is 4.51. The molecule has 4 N–H and O–H groups in total. The lowest BCUT2D eigenvalue weighted by Crippen LogP contribution is -2.14. The maximum Gasteiger partial charge on any atom is 0.346 e. The number of carboxylic acids is 1. The molecule has 1 aromatic rings. The summed E-state index contributed by atoms with van der Waals surface area (Å²) in [5.41, 5.74) is 0. The first kappa shape index (κ1) is 13.2. The van der Waals surface area contributed by atoms with Crippen LogP contribution in [0.4, 0.5) is 9.80 Å². The van der Waals surface area contributed by atoms with Gasteiger partial charge in [-0.15, -0.1) is 11.3 Å². The van der Waals surface area contributed by atoms with E-state index in [1.54, 1.807) is 0 Å². The molecule has 2 heterocycles. The predicted molar refractivity (Wildman–Crippen MR) is 70.8 cm³/mol. The highest BCUT2D eigenvalue weighted by molar-refractivity contribution is 8.14. The van der Waals surface area contributed by atoms with Gasteiger partial charge >= 0.3 is 5.97 Å². The van der Waals surface area contributed by atoms with Crippen LogP contribution in [0.2, 0.25) is 0 Å². The Hall–Kier alpha value is -1.25. The molecule has 1 saturated heterocycles. The van der Waals surface area contributed by atoms with Gasteiger partial charge in [-0.3, -0.25) is 4.79 Å². The second-order valence-corrected chi connectivity index (χ2v) is 6.10. The maximum atomic E-state index is 11.7. The van der Waals surface area contributed by atoms with Crippen LogP contribution in [0, 0.1) is 0 Å². The van der Waals surface area contributed by atoms with E-state index in [0.717, 1.165) is 48.7 Å². The van der Waals surface area contributed by atoms with Gasteiger partial charge < -0.3 is 20.8 Å². The van der Waals surface area contributed by atoms with E-state index < -0.39 is 5.97 Å². The zero-order chi connectivity index (χ0) is 13.1. The summed E-state index contributed by atoms with van der Waals surface area (Å²) in [7, 11) is 0. The summed E-state index contributed by atoms with van der Waals surface area (Å²) in [5.74, 6) is -1.33. The van der Waals surface area contributed by atoms with E-state index >= 15 is 0 Å². The Balaban J connectivity index is 1.95. The summed E-state index contributed by atoms with van der Waals surface area (Å²) in [6.45, 7) is 1.69. The van der Waals surface area contributed by atoms with E-state index in [2.05, 4.69) is 10.6 Å². The van der Waals surface area contributed by atoms with Crippen LogP contribution in [0.5, 0.6) is 5.75 Å². The molecule has 0 aliphatic carbocycles. The minimum absolute atomic E-state index is 0.00432. The van der Waals surface area contributed by atoms with E-state index in [0.29, 0.717) is 0 Å². The van der Waals surface area contributed by atoms with E-state index in [9.17, 15) is 14.7 Å². The molecule has 0 saturated carbocycles. The third-order valence-electron chi connectivity index (χ3n) is 2.43.